The Morgan fingerprint density at radius 1 is 1.32 bits per heavy atom. The van der Waals surface area contributed by atoms with Crippen LogP contribution >= 0.6 is 0 Å². The highest BCUT2D eigenvalue weighted by Gasteiger charge is 2.57. The zero-order valence-corrected chi connectivity index (χ0v) is 15.2. The molecule has 0 amide bonds. The number of ether oxygens (including phenoxy) is 1. The smallest absolute Gasteiger partial charge is 0.336 e. The van der Waals surface area contributed by atoms with E-state index in [9.17, 15) is 20.1 Å². The topological polar surface area (TPSA) is 87.0 Å². The summed E-state index contributed by atoms with van der Waals surface area (Å²) in [6.07, 6.45) is 4.42. The largest absolute Gasteiger partial charge is 0.459 e. The molecule has 5 heteroatoms. The third-order valence-electron chi connectivity index (χ3n) is 7.23. The van der Waals surface area contributed by atoms with Crippen molar-refractivity contribution in [2.24, 2.45) is 22.7 Å². The lowest BCUT2D eigenvalue weighted by Crippen LogP contribution is -2.57. The van der Waals surface area contributed by atoms with Gasteiger partial charge in [0.25, 0.3) is 0 Å². The molecule has 3 aliphatic rings. The van der Waals surface area contributed by atoms with Gasteiger partial charge in [-0.1, -0.05) is 32.1 Å². The predicted molar refractivity (Wildman–Crippen MR) is 93.6 cm³/mol. The number of aliphatic hydroxyl groups excluding tert-OH is 3. The Morgan fingerprint density at radius 3 is 2.64 bits per heavy atom. The lowest BCUT2D eigenvalue weighted by atomic mass is 9.46. The van der Waals surface area contributed by atoms with Gasteiger partial charge >= 0.3 is 5.97 Å². The van der Waals surface area contributed by atoms with Crippen LogP contribution in [0.2, 0.25) is 0 Å². The lowest BCUT2D eigenvalue weighted by molar-refractivity contribution is -0.151. The SMILES string of the molecule is C=C1CC[C@@H]2[C@](C)(CO)[C@@H](O)CC[C@@]2(C)[C@@H]1C/C=C1\C(=O)OC[C@@H]1O. The molecule has 5 nitrogen and oxygen atoms in total. The van der Waals surface area contributed by atoms with Gasteiger partial charge in [0.15, 0.2) is 0 Å². The van der Waals surface area contributed by atoms with Gasteiger partial charge in [-0.3, -0.25) is 0 Å². The van der Waals surface area contributed by atoms with E-state index >= 15 is 0 Å². The van der Waals surface area contributed by atoms with Crippen LogP contribution in [0.15, 0.2) is 23.8 Å². The Labute approximate surface area is 149 Å². The van der Waals surface area contributed by atoms with Crippen LogP contribution in [0.25, 0.3) is 0 Å². The third kappa shape index (κ3) is 2.86. The number of fused-ring (bicyclic) bond motifs is 1. The molecule has 3 fully saturated rings. The number of hydrogen-bond donors (Lipinski definition) is 3. The number of carbonyl (C=O) groups is 1. The molecule has 0 bridgehead atoms. The first-order chi connectivity index (χ1) is 11.7. The Morgan fingerprint density at radius 2 is 2.04 bits per heavy atom. The van der Waals surface area contributed by atoms with Crippen LogP contribution in [0.4, 0.5) is 0 Å². The number of allylic oxidation sites excluding steroid dienone is 2. The maximum absolute atomic E-state index is 11.8. The highest BCUT2D eigenvalue weighted by Crippen LogP contribution is 2.61. The highest BCUT2D eigenvalue weighted by atomic mass is 16.6. The molecule has 0 aromatic heterocycles. The van der Waals surface area contributed by atoms with Crippen molar-refractivity contribution in [2.45, 2.75) is 58.2 Å². The average Bonchev–Trinajstić information content (AvgIpc) is 2.89. The van der Waals surface area contributed by atoms with E-state index in [0.717, 1.165) is 24.8 Å². The first-order valence-corrected chi connectivity index (χ1v) is 9.26. The Balaban J connectivity index is 1.89. The molecule has 140 valence electrons. The van der Waals surface area contributed by atoms with E-state index in [1.165, 1.54) is 0 Å². The minimum Gasteiger partial charge on any atom is -0.459 e. The Bertz CT molecular complexity index is 597. The maximum Gasteiger partial charge on any atom is 0.336 e. The van der Waals surface area contributed by atoms with Crippen molar-refractivity contribution in [3.05, 3.63) is 23.8 Å². The van der Waals surface area contributed by atoms with E-state index in [1.807, 2.05) is 13.0 Å². The van der Waals surface area contributed by atoms with E-state index in [0.29, 0.717) is 18.4 Å². The van der Waals surface area contributed by atoms with Gasteiger partial charge < -0.3 is 20.1 Å². The van der Waals surface area contributed by atoms with Gasteiger partial charge in [-0.15, -0.1) is 0 Å². The highest BCUT2D eigenvalue weighted by molar-refractivity contribution is 5.91. The number of esters is 1. The summed E-state index contributed by atoms with van der Waals surface area (Å²) in [5.74, 6) is -0.0734. The van der Waals surface area contributed by atoms with Gasteiger partial charge in [-0.2, -0.15) is 0 Å². The van der Waals surface area contributed by atoms with Gasteiger partial charge in [-0.05, 0) is 49.4 Å². The minimum absolute atomic E-state index is 0.0280. The predicted octanol–water partition coefficient (Wildman–Crippen LogP) is 1.96. The van der Waals surface area contributed by atoms with Gasteiger partial charge in [0.1, 0.15) is 12.7 Å². The van der Waals surface area contributed by atoms with Crippen LogP contribution < -0.4 is 0 Å². The number of carbonyl (C=O) groups excluding carboxylic acids is 1. The molecule has 0 unspecified atom stereocenters. The number of cyclic esters (lactones) is 1. The summed E-state index contributed by atoms with van der Waals surface area (Å²) in [4.78, 5) is 11.8. The number of rotatable bonds is 3. The number of hydrogen-bond acceptors (Lipinski definition) is 5. The molecular formula is C20H30O5. The Hall–Kier alpha value is -1.17. The number of aliphatic hydroxyl groups is 3. The van der Waals surface area contributed by atoms with Gasteiger partial charge in [-0.25, -0.2) is 4.79 Å². The van der Waals surface area contributed by atoms with Crippen molar-refractivity contribution in [1.82, 2.24) is 0 Å². The van der Waals surface area contributed by atoms with E-state index in [1.54, 1.807) is 0 Å². The third-order valence-corrected chi connectivity index (χ3v) is 7.23. The summed E-state index contributed by atoms with van der Waals surface area (Å²) in [5, 5.41) is 30.4. The quantitative estimate of drug-likeness (QED) is 0.411. The Kier molecular flexibility index (Phi) is 4.86. The monoisotopic (exact) mass is 350 g/mol. The van der Waals surface area contributed by atoms with Crippen LogP contribution in [-0.2, 0) is 9.53 Å². The molecule has 1 aliphatic heterocycles. The summed E-state index contributed by atoms with van der Waals surface area (Å²) in [6, 6.07) is 0. The fourth-order valence-corrected chi connectivity index (χ4v) is 5.56. The standard InChI is InChI=1S/C20H30O5/c1-12-4-7-16-19(2,9-8-17(23)20(16,3)11-21)14(12)6-5-13-15(22)10-25-18(13)24/h5,14-17,21-23H,1,4,6-11H2,2-3H3/b13-5-/t14-,15+,16+,17+,19+,20+/m1/s1. The molecule has 25 heavy (non-hydrogen) atoms. The molecule has 2 aliphatic carbocycles. The van der Waals surface area contributed by atoms with E-state index in [4.69, 9.17) is 4.74 Å². The molecule has 6 atom stereocenters. The first-order valence-electron chi connectivity index (χ1n) is 9.26. The van der Waals surface area contributed by atoms with Crippen molar-refractivity contribution in [3.8, 4) is 0 Å². The van der Waals surface area contributed by atoms with Crippen molar-refractivity contribution in [2.75, 3.05) is 13.2 Å². The van der Waals surface area contributed by atoms with Crippen LogP contribution in [-0.4, -0.2) is 46.7 Å². The summed E-state index contributed by atoms with van der Waals surface area (Å²) < 4.78 is 4.90. The zero-order valence-electron chi connectivity index (χ0n) is 15.2. The molecule has 0 radical (unpaired) electrons. The molecule has 1 heterocycles. The normalized spacial score (nSPS) is 46.2. The molecule has 0 spiro atoms. The second-order valence-corrected chi connectivity index (χ2v) is 8.54. The van der Waals surface area contributed by atoms with Crippen LogP contribution in [0, 0.1) is 22.7 Å². The van der Waals surface area contributed by atoms with Crippen molar-refractivity contribution >= 4 is 5.97 Å². The summed E-state index contributed by atoms with van der Waals surface area (Å²) in [6.45, 7) is 8.50. The molecule has 0 aromatic carbocycles. The lowest BCUT2D eigenvalue weighted by Gasteiger charge is -2.59. The van der Waals surface area contributed by atoms with Gasteiger partial charge in [0.2, 0.25) is 0 Å². The van der Waals surface area contributed by atoms with Crippen molar-refractivity contribution in [1.29, 1.82) is 0 Å². The molecular weight excluding hydrogens is 320 g/mol. The second-order valence-electron chi connectivity index (χ2n) is 8.54. The fraction of sp³-hybridized carbons (Fsp3) is 0.750. The summed E-state index contributed by atoms with van der Waals surface area (Å²) in [5.41, 5.74) is 0.911. The molecule has 3 N–H and O–H groups in total. The van der Waals surface area contributed by atoms with Gasteiger partial charge in [0, 0.05) is 5.41 Å². The summed E-state index contributed by atoms with van der Waals surface area (Å²) >= 11 is 0. The van der Waals surface area contributed by atoms with Crippen LogP contribution in [0.5, 0.6) is 0 Å². The van der Waals surface area contributed by atoms with Crippen LogP contribution in [0.1, 0.15) is 46.0 Å². The summed E-state index contributed by atoms with van der Waals surface area (Å²) in [7, 11) is 0. The fourth-order valence-electron chi connectivity index (χ4n) is 5.56. The van der Waals surface area contributed by atoms with E-state index < -0.39 is 23.6 Å². The molecule has 0 aromatic rings. The van der Waals surface area contributed by atoms with Crippen molar-refractivity contribution < 1.29 is 24.9 Å². The van der Waals surface area contributed by atoms with E-state index in [-0.39, 0.29) is 30.5 Å². The zero-order chi connectivity index (χ0) is 18.4. The second kappa shape index (κ2) is 6.53. The maximum atomic E-state index is 11.8. The van der Waals surface area contributed by atoms with Crippen molar-refractivity contribution in [3.63, 3.8) is 0 Å². The minimum atomic E-state index is -0.844. The first kappa shape index (κ1) is 18.6. The molecule has 3 rings (SSSR count). The van der Waals surface area contributed by atoms with Crippen LogP contribution in [0.3, 0.4) is 0 Å². The molecule has 1 saturated heterocycles. The molecule has 2 saturated carbocycles. The van der Waals surface area contributed by atoms with E-state index in [2.05, 4.69) is 13.5 Å². The van der Waals surface area contributed by atoms with Gasteiger partial charge in [0.05, 0.1) is 18.3 Å². The average molecular weight is 350 g/mol.